The van der Waals surface area contributed by atoms with E-state index in [-0.39, 0.29) is 19.3 Å². The van der Waals surface area contributed by atoms with E-state index in [0.29, 0.717) is 19.6 Å². The van der Waals surface area contributed by atoms with E-state index >= 15 is 0 Å². The number of rotatable bonds is 12. The van der Waals surface area contributed by atoms with Crippen molar-refractivity contribution in [3.63, 3.8) is 0 Å². The number of amides is 1. The molecule has 0 saturated carbocycles. The second-order valence-corrected chi connectivity index (χ2v) is 7.14. The van der Waals surface area contributed by atoms with Gasteiger partial charge in [0.2, 0.25) is 0 Å². The fourth-order valence-corrected chi connectivity index (χ4v) is 3.51. The number of carbonyl (C=O) groups excluding carboxylic acids is 1. The molecule has 1 fully saturated rings. The van der Waals surface area contributed by atoms with Crippen LogP contribution in [0.5, 0.6) is 0 Å². The van der Waals surface area contributed by atoms with Crippen LogP contribution in [0.4, 0.5) is 0 Å². The summed E-state index contributed by atoms with van der Waals surface area (Å²) >= 11 is 0. The molecule has 2 N–H and O–H groups in total. The van der Waals surface area contributed by atoms with Gasteiger partial charge in [-0.05, 0) is 17.5 Å². The first-order valence-corrected chi connectivity index (χ1v) is 10.1. The first-order chi connectivity index (χ1) is 14.7. The van der Waals surface area contributed by atoms with Crippen molar-refractivity contribution in [1.29, 1.82) is 0 Å². The van der Waals surface area contributed by atoms with E-state index in [1.807, 2.05) is 60.7 Å². The molecule has 7 heteroatoms. The van der Waals surface area contributed by atoms with Crippen LogP contribution in [0.25, 0.3) is 0 Å². The summed E-state index contributed by atoms with van der Waals surface area (Å²) in [5, 5.41) is 12.4. The van der Waals surface area contributed by atoms with E-state index < -0.39 is 24.4 Å². The zero-order chi connectivity index (χ0) is 21.2. The molecule has 0 bridgehead atoms. The molecular formula is C23H29NO6. The van der Waals surface area contributed by atoms with Crippen LogP contribution >= 0.6 is 0 Å². The highest BCUT2D eigenvalue weighted by Gasteiger charge is 2.47. The molecule has 2 aromatic rings. The molecule has 1 saturated heterocycles. The zero-order valence-corrected chi connectivity index (χ0v) is 17.1. The fourth-order valence-electron chi connectivity index (χ4n) is 3.51. The molecule has 4 atom stereocenters. The summed E-state index contributed by atoms with van der Waals surface area (Å²) in [6.07, 6.45) is -1.49. The lowest BCUT2D eigenvalue weighted by Crippen LogP contribution is -2.47. The van der Waals surface area contributed by atoms with Crippen LogP contribution in [-0.2, 0) is 37.0 Å². The van der Waals surface area contributed by atoms with Crippen molar-refractivity contribution >= 4 is 5.91 Å². The lowest BCUT2D eigenvalue weighted by Gasteiger charge is -2.29. The summed E-state index contributed by atoms with van der Waals surface area (Å²) in [5.41, 5.74) is 1.96. The third kappa shape index (κ3) is 6.10. The maximum absolute atomic E-state index is 12.7. The number of benzene rings is 2. The Morgan fingerprint density at radius 3 is 2.13 bits per heavy atom. The normalized spacial score (nSPS) is 22.1. The Labute approximate surface area is 176 Å². The van der Waals surface area contributed by atoms with Crippen LogP contribution in [0.3, 0.4) is 0 Å². The van der Waals surface area contributed by atoms with Crippen molar-refractivity contribution in [2.24, 2.45) is 0 Å². The van der Waals surface area contributed by atoms with Crippen molar-refractivity contribution < 1.29 is 28.8 Å². The quantitative estimate of drug-likeness (QED) is 0.516. The molecule has 7 nitrogen and oxygen atoms in total. The van der Waals surface area contributed by atoms with Gasteiger partial charge in [0.05, 0.1) is 25.4 Å². The van der Waals surface area contributed by atoms with E-state index in [4.69, 9.17) is 18.9 Å². The van der Waals surface area contributed by atoms with Gasteiger partial charge in [-0.15, -0.1) is 0 Å². The Balaban J connectivity index is 1.74. The fraction of sp³-hybridized carbons (Fsp3) is 0.435. The van der Waals surface area contributed by atoms with Crippen LogP contribution in [0.1, 0.15) is 17.5 Å². The zero-order valence-electron chi connectivity index (χ0n) is 17.1. The number of hydrogen-bond donors (Lipinski definition) is 2. The maximum atomic E-state index is 12.7. The van der Waals surface area contributed by atoms with E-state index in [9.17, 15) is 9.90 Å². The Bertz CT molecular complexity index is 757. The van der Waals surface area contributed by atoms with Gasteiger partial charge in [-0.2, -0.15) is 0 Å². The molecule has 1 aliphatic rings. The number of aliphatic hydroxyl groups excluding tert-OH is 1. The Kier molecular flexibility index (Phi) is 8.80. The van der Waals surface area contributed by atoms with E-state index in [2.05, 4.69) is 5.32 Å². The summed E-state index contributed by atoms with van der Waals surface area (Å²) < 4.78 is 22.9. The number of nitrogens with one attached hydrogen (secondary N) is 1. The largest absolute Gasteiger partial charge is 0.396 e. The highest BCUT2D eigenvalue weighted by atomic mass is 16.7. The van der Waals surface area contributed by atoms with Gasteiger partial charge in [-0.25, -0.2) is 0 Å². The highest BCUT2D eigenvalue weighted by molar-refractivity contribution is 5.84. The van der Waals surface area contributed by atoms with Gasteiger partial charge >= 0.3 is 0 Å². The van der Waals surface area contributed by atoms with Gasteiger partial charge in [-0.1, -0.05) is 60.7 Å². The molecule has 0 spiro atoms. The molecule has 0 aliphatic carbocycles. The second-order valence-electron chi connectivity index (χ2n) is 7.14. The number of hydrogen-bond acceptors (Lipinski definition) is 6. The Morgan fingerprint density at radius 2 is 1.57 bits per heavy atom. The Morgan fingerprint density at radius 1 is 0.967 bits per heavy atom. The minimum Gasteiger partial charge on any atom is -0.396 e. The molecular weight excluding hydrogens is 386 g/mol. The number of carbonyl (C=O) groups is 1. The van der Waals surface area contributed by atoms with E-state index in [1.54, 1.807) is 0 Å². The molecule has 30 heavy (non-hydrogen) atoms. The van der Waals surface area contributed by atoms with Crippen molar-refractivity contribution in [2.75, 3.05) is 20.5 Å². The first kappa shape index (κ1) is 22.4. The molecule has 1 amide bonds. The first-order valence-electron chi connectivity index (χ1n) is 10.1. The molecule has 162 valence electrons. The summed E-state index contributed by atoms with van der Waals surface area (Å²) in [5.74, 6) is -0.252. The Hall–Kier alpha value is -2.29. The molecule has 0 unspecified atom stereocenters. The monoisotopic (exact) mass is 415 g/mol. The smallest absolute Gasteiger partial charge is 0.252 e. The summed E-state index contributed by atoms with van der Waals surface area (Å²) in [7, 11) is 1.53. The van der Waals surface area contributed by atoms with Crippen LogP contribution in [0.15, 0.2) is 60.7 Å². The predicted molar refractivity (Wildman–Crippen MR) is 110 cm³/mol. The van der Waals surface area contributed by atoms with Crippen molar-refractivity contribution in [2.45, 2.75) is 44.0 Å². The van der Waals surface area contributed by atoms with Gasteiger partial charge < -0.3 is 29.4 Å². The van der Waals surface area contributed by atoms with E-state index in [0.717, 1.165) is 11.1 Å². The number of ether oxygens (including phenoxy) is 4. The lowest BCUT2D eigenvalue weighted by atomic mass is 10.0. The summed E-state index contributed by atoms with van der Waals surface area (Å²) in [4.78, 5) is 12.7. The van der Waals surface area contributed by atoms with Crippen LogP contribution in [-0.4, -0.2) is 55.9 Å². The predicted octanol–water partition coefficient (Wildman–Crippen LogP) is 2.03. The molecule has 0 radical (unpaired) electrons. The molecule has 2 aromatic carbocycles. The van der Waals surface area contributed by atoms with Crippen LogP contribution in [0.2, 0.25) is 0 Å². The highest BCUT2D eigenvalue weighted by Crippen LogP contribution is 2.25. The second kappa shape index (κ2) is 11.8. The van der Waals surface area contributed by atoms with Gasteiger partial charge in [0.25, 0.3) is 5.91 Å². The summed E-state index contributed by atoms with van der Waals surface area (Å²) in [6.45, 7) is 0.596. The average molecular weight is 415 g/mol. The van der Waals surface area contributed by atoms with Crippen LogP contribution < -0.4 is 5.32 Å². The topological polar surface area (TPSA) is 86.2 Å². The van der Waals surface area contributed by atoms with Gasteiger partial charge in [-0.3, -0.25) is 4.79 Å². The maximum Gasteiger partial charge on any atom is 0.252 e. The molecule has 0 aromatic heterocycles. The van der Waals surface area contributed by atoms with Crippen LogP contribution in [0, 0.1) is 0 Å². The SMILES string of the molecule is COCO[C@@H](CCO)[C@@H]1NC(=O)[C@@H](OCc2ccccc2)[C@@H]1OCc1ccccc1. The minimum absolute atomic E-state index is 0.0536. The lowest BCUT2D eigenvalue weighted by molar-refractivity contribution is -0.139. The van der Waals surface area contributed by atoms with Gasteiger partial charge in [0, 0.05) is 13.7 Å². The van der Waals surface area contributed by atoms with Crippen molar-refractivity contribution in [3.8, 4) is 0 Å². The average Bonchev–Trinajstić information content (AvgIpc) is 3.10. The summed E-state index contributed by atoms with van der Waals surface area (Å²) in [6, 6.07) is 18.9. The molecule has 1 aliphatic heterocycles. The van der Waals surface area contributed by atoms with Crippen molar-refractivity contribution in [3.05, 3.63) is 71.8 Å². The number of methoxy groups -OCH3 is 1. The van der Waals surface area contributed by atoms with Gasteiger partial charge in [0.1, 0.15) is 12.9 Å². The van der Waals surface area contributed by atoms with E-state index in [1.165, 1.54) is 7.11 Å². The standard InChI is InChI=1S/C23H29NO6/c1-27-16-30-19(12-13-25)20-21(28-14-17-8-4-2-5-9-17)22(23(26)24-20)29-15-18-10-6-3-7-11-18/h2-11,19-22,25H,12-16H2,1H3,(H,24,26)/t19-,20-,21+,22-/m0/s1. The molecule has 3 rings (SSSR count). The molecule has 1 heterocycles. The minimum atomic E-state index is -0.786. The van der Waals surface area contributed by atoms with Crippen molar-refractivity contribution in [1.82, 2.24) is 5.32 Å². The third-order valence-electron chi connectivity index (χ3n) is 4.99. The van der Waals surface area contributed by atoms with Gasteiger partial charge in [0.15, 0.2) is 6.10 Å². The third-order valence-corrected chi connectivity index (χ3v) is 4.99. The number of aliphatic hydroxyl groups is 1.